The molecule has 1 aromatic heterocycles. The maximum atomic E-state index is 14.3. The fourth-order valence-corrected chi connectivity index (χ4v) is 6.71. The van der Waals surface area contributed by atoms with Crippen molar-refractivity contribution in [3.05, 3.63) is 66.4 Å². The standard InChI is InChI=1S/C32H42N6O4/c1-22(27-17-34-28-13-7-6-12-26(27)28)30(31(39)35(2)19-29-41-20-23(33)21-42-29)38-16-15-37(32(38)40)25-11-8-14-36(18-25)24-9-4-3-5-10-24/h3-7,9-10,12-13,17,22-23,25,29-30,34H,8,11,14-16,18-21,33H2,1-2H3/t22-,23?,25?,29?,30+/m0/s1. The van der Waals surface area contributed by atoms with E-state index in [0.29, 0.717) is 26.3 Å². The summed E-state index contributed by atoms with van der Waals surface area (Å²) in [5.41, 5.74) is 9.12. The summed E-state index contributed by atoms with van der Waals surface area (Å²) in [5, 5.41) is 1.06. The molecule has 0 radical (unpaired) electrons. The minimum absolute atomic E-state index is 0.0653. The van der Waals surface area contributed by atoms with Crippen molar-refractivity contribution >= 4 is 28.5 Å². The lowest BCUT2D eigenvalue weighted by molar-refractivity contribution is -0.194. The van der Waals surface area contributed by atoms with Crippen LogP contribution in [0.2, 0.25) is 0 Å². The number of aromatic amines is 1. The number of nitrogens with zero attached hydrogens (tertiary/aromatic N) is 4. The van der Waals surface area contributed by atoms with E-state index >= 15 is 0 Å². The highest BCUT2D eigenvalue weighted by Gasteiger charge is 2.45. The van der Waals surface area contributed by atoms with Gasteiger partial charge in [-0.05, 0) is 36.6 Å². The van der Waals surface area contributed by atoms with Crippen LogP contribution < -0.4 is 10.6 Å². The second-order valence-corrected chi connectivity index (χ2v) is 11.8. The van der Waals surface area contributed by atoms with Crippen LogP contribution in [0.25, 0.3) is 10.9 Å². The van der Waals surface area contributed by atoms with Gasteiger partial charge < -0.3 is 39.8 Å². The SMILES string of the molecule is C[C@@H](c1c[nH]c2ccccc12)[C@H](C(=O)N(C)CC1OCC(N)CO1)N1CCN(C2CCCN(c3ccccc3)C2)C1=O. The normalized spacial score (nSPS) is 24.7. The number of anilines is 1. The van der Waals surface area contributed by atoms with Gasteiger partial charge in [-0.15, -0.1) is 0 Å². The Bertz CT molecular complexity index is 1370. The highest BCUT2D eigenvalue weighted by Crippen LogP contribution is 2.34. The van der Waals surface area contributed by atoms with Gasteiger partial charge in [0.1, 0.15) is 6.04 Å². The molecule has 0 spiro atoms. The van der Waals surface area contributed by atoms with Crippen LogP contribution in [0.3, 0.4) is 0 Å². The molecule has 0 aliphatic carbocycles. The molecule has 3 saturated heterocycles. The molecule has 3 N–H and O–H groups in total. The number of carbonyl (C=O) groups excluding carboxylic acids is 2. The molecule has 0 bridgehead atoms. The Morgan fingerprint density at radius 3 is 2.60 bits per heavy atom. The minimum atomic E-state index is -0.675. The molecule has 3 atom stereocenters. The number of fused-ring (bicyclic) bond motifs is 1. The van der Waals surface area contributed by atoms with Gasteiger partial charge >= 0.3 is 6.03 Å². The van der Waals surface area contributed by atoms with Gasteiger partial charge in [0.2, 0.25) is 5.91 Å². The van der Waals surface area contributed by atoms with E-state index in [4.69, 9.17) is 15.2 Å². The number of rotatable bonds is 8. The zero-order chi connectivity index (χ0) is 29.2. The summed E-state index contributed by atoms with van der Waals surface area (Å²) >= 11 is 0. The highest BCUT2D eigenvalue weighted by molar-refractivity contribution is 5.91. The van der Waals surface area contributed by atoms with Crippen LogP contribution in [0, 0.1) is 0 Å². The van der Waals surface area contributed by atoms with Crippen molar-refractivity contribution in [2.45, 2.75) is 50.1 Å². The number of benzene rings is 2. The first-order valence-corrected chi connectivity index (χ1v) is 15.1. The number of hydrogen-bond donors (Lipinski definition) is 2. The molecule has 224 valence electrons. The molecule has 10 nitrogen and oxygen atoms in total. The second-order valence-electron chi connectivity index (χ2n) is 11.8. The summed E-state index contributed by atoms with van der Waals surface area (Å²) in [5.74, 6) is -0.367. The third-order valence-electron chi connectivity index (χ3n) is 9.00. The first-order valence-electron chi connectivity index (χ1n) is 15.1. The fraction of sp³-hybridized carbons (Fsp3) is 0.500. The number of carbonyl (C=O) groups is 2. The number of amides is 3. The molecule has 3 aliphatic rings. The lowest BCUT2D eigenvalue weighted by atomic mass is 9.91. The number of nitrogens with one attached hydrogen (secondary N) is 1. The van der Waals surface area contributed by atoms with E-state index in [1.165, 1.54) is 5.69 Å². The fourth-order valence-electron chi connectivity index (χ4n) is 6.71. The van der Waals surface area contributed by atoms with Crippen LogP contribution in [0.15, 0.2) is 60.8 Å². The number of H-pyrrole nitrogens is 1. The van der Waals surface area contributed by atoms with Gasteiger partial charge in [0.05, 0.1) is 31.8 Å². The third kappa shape index (κ3) is 5.71. The van der Waals surface area contributed by atoms with Crippen molar-refractivity contribution in [3.63, 3.8) is 0 Å². The van der Waals surface area contributed by atoms with Crippen molar-refractivity contribution in [2.75, 3.05) is 57.9 Å². The van der Waals surface area contributed by atoms with Crippen LogP contribution in [-0.2, 0) is 14.3 Å². The van der Waals surface area contributed by atoms with Gasteiger partial charge in [-0.3, -0.25) is 4.79 Å². The van der Waals surface area contributed by atoms with Crippen molar-refractivity contribution in [1.82, 2.24) is 19.7 Å². The summed E-state index contributed by atoms with van der Waals surface area (Å²) in [4.78, 5) is 39.6. The van der Waals surface area contributed by atoms with E-state index in [-0.39, 0.29) is 36.5 Å². The molecule has 42 heavy (non-hydrogen) atoms. The Morgan fingerprint density at radius 2 is 1.81 bits per heavy atom. The number of likely N-dealkylation sites (N-methyl/N-ethyl adjacent to an activating group) is 1. The Kier molecular flexibility index (Phi) is 8.37. The predicted molar refractivity (Wildman–Crippen MR) is 162 cm³/mol. The number of hydrogen-bond acceptors (Lipinski definition) is 6. The van der Waals surface area contributed by atoms with E-state index in [2.05, 4.69) is 40.2 Å². The summed E-state index contributed by atoms with van der Waals surface area (Å²) in [6.45, 7) is 5.97. The van der Waals surface area contributed by atoms with E-state index in [9.17, 15) is 9.59 Å². The number of nitrogens with two attached hydrogens (primary N) is 1. The predicted octanol–water partition coefficient (Wildman–Crippen LogP) is 3.21. The maximum absolute atomic E-state index is 14.3. The van der Waals surface area contributed by atoms with Gasteiger partial charge in [-0.25, -0.2) is 4.79 Å². The van der Waals surface area contributed by atoms with Gasteiger partial charge in [0, 0.05) is 61.9 Å². The molecule has 3 aromatic rings. The summed E-state index contributed by atoms with van der Waals surface area (Å²) in [6, 6.07) is 17.7. The topological polar surface area (TPSA) is 107 Å². The molecule has 6 rings (SSSR count). The quantitative estimate of drug-likeness (QED) is 0.428. The minimum Gasteiger partial charge on any atom is -0.369 e. The molecule has 10 heteroatoms. The summed E-state index contributed by atoms with van der Waals surface area (Å²) in [7, 11) is 1.76. The van der Waals surface area contributed by atoms with Crippen molar-refractivity contribution in [1.29, 1.82) is 0 Å². The van der Waals surface area contributed by atoms with Crippen molar-refractivity contribution < 1.29 is 19.1 Å². The second kappa shape index (κ2) is 12.3. The molecular formula is C32H42N6O4. The van der Waals surface area contributed by atoms with Gasteiger partial charge in [0.15, 0.2) is 6.29 Å². The number of para-hydroxylation sites is 2. The van der Waals surface area contributed by atoms with E-state index in [1.807, 2.05) is 42.3 Å². The first-order chi connectivity index (χ1) is 20.4. The molecule has 0 saturated carbocycles. The maximum Gasteiger partial charge on any atom is 0.321 e. The third-order valence-corrected chi connectivity index (χ3v) is 9.00. The smallest absolute Gasteiger partial charge is 0.321 e. The van der Waals surface area contributed by atoms with Gasteiger partial charge in [-0.2, -0.15) is 0 Å². The Balaban J connectivity index is 1.24. The zero-order valence-electron chi connectivity index (χ0n) is 24.5. The number of urea groups is 1. The lowest BCUT2D eigenvalue weighted by Crippen LogP contribution is -2.55. The highest BCUT2D eigenvalue weighted by atomic mass is 16.7. The molecule has 3 amide bonds. The molecule has 1 unspecified atom stereocenters. The summed E-state index contributed by atoms with van der Waals surface area (Å²) in [6.07, 6.45) is 3.41. The molecule has 2 aromatic carbocycles. The largest absolute Gasteiger partial charge is 0.369 e. The van der Waals surface area contributed by atoms with Gasteiger partial charge in [0.25, 0.3) is 0 Å². The van der Waals surface area contributed by atoms with E-state index < -0.39 is 12.3 Å². The summed E-state index contributed by atoms with van der Waals surface area (Å²) < 4.78 is 11.5. The number of aromatic nitrogens is 1. The molecular weight excluding hydrogens is 532 g/mol. The molecule has 3 fully saturated rings. The molecule has 4 heterocycles. The Hall–Kier alpha value is -3.60. The van der Waals surface area contributed by atoms with Crippen LogP contribution in [0.5, 0.6) is 0 Å². The average Bonchev–Trinajstić information content (AvgIpc) is 3.62. The van der Waals surface area contributed by atoms with Gasteiger partial charge in [-0.1, -0.05) is 43.3 Å². The van der Waals surface area contributed by atoms with Crippen LogP contribution in [0.4, 0.5) is 10.5 Å². The van der Waals surface area contributed by atoms with Crippen molar-refractivity contribution in [2.24, 2.45) is 5.73 Å². The average molecular weight is 575 g/mol. The van der Waals surface area contributed by atoms with Crippen LogP contribution >= 0.6 is 0 Å². The number of ether oxygens (including phenoxy) is 2. The first kappa shape index (κ1) is 28.5. The lowest BCUT2D eigenvalue weighted by Gasteiger charge is -2.39. The van der Waals surface area contributed by atoms with E-state index in [0.717, 1.165) is 42.4 Å². The zero-order valence-corrected chi connectivity index (χ0v) is 24.5. The Labute approximate surface area is 247 Å². The monoisotopic (exact) mass is 574 g/mol. The van der Waals surface area contributed by atoms with Crippen LogP contribution in [-0.4, -0.2) is 109 Å². The Morgan fingerprint density at radius 1 is 1.07 bits per heavy atom. The number of piperidine rings is 1. The molecule has 3 aliphatic heterocycles. The van der Waals surface area contributed by atoms with Crippen LogP contribution in [0.1, 0.15) is 31.2 Å². The van der Waals surface area contributed by atoms with Crippen molar-refractivity contribution in [3.8, 4) is 0 Å². The van der Waals surface area contributed by atoms with E-state index in [1.54, 1.807) is 16.8 Å².